The second kappa shape index (κ2) is 9.51. The summed E-state index contributed by atoms with van der Waals surface area (Å²) in [5.41, 5.74) is 1.35. The van der Waals surface area contributed by atoms with Gasteiger partial charge in [-0.15, -0.1) is 0 Å². The zero-order valence-corrected chi connectivity index (χ0v) is 11.2. The third-order valence-electron chi connectivity index (χ3n) is 2.74. The first-order valence-electron chi connectivity index (χ1n) is 6.77. The van der Waals surface area contributed by atoms with Gasteiger partial charge in [-0.1, -0.05) is 43.7 Å². The van der Waals surface area contributed by atoms with Crippen LogP contribution in [0.4, 0.5) is 4.79 Å². The first-order chi connectivity index (χ1) is 8.83. The van der Waals surface area contributed by atoms with Crippen LogP contribution in [-0.4, -0.2) is 19.2 Å². The van der Waals surface area contributed by atoms with Crippen molar-refractivity contribution in [1.29, 1.82) is 0 Å². The molecular formula is C15H23NO2. The quantitative estimate of drug-likeness (QED) is 0.716. The molecule has 0 unspecified atom stereocenters. The Labute approximate surface area is 110 Å². The van der Waals surface area contributed by atoms with Crippen LogP contribution in [0.2, 0.25) is 0 Å². The van der Waals surface area contributed by atoms with Crippen LogP contribution in [0.25, 0.3) is 0 Å². The lowest BCUT2D eigenvalue weighted by Gasteiger charge is -2.06. The Morgan fingerprint density at radius 1 is 1.17 bits per heavy atom. The van der Waals surface area contributed by atoms with Gasteiger partial charge in [-0.3, -0.25) is 0 Å². The standard InChI is InChI=1S/C15H23NO2/c1-2-3-13-18-15(17)16-12-8-7-11-14-9-5-4-6-10-14/h4-6,9-10H,2-3,7-8,11-13H2,1H3,(H,16,17). The lowest BCUT2D eigenvalue weighted by Crippen LogP contribution is -2.25. The summed E-state index contributed by atoms with van der Waals surface area (Å²) in [5.74, 6) is 0. The van der Waals surface area contributed by atoms with Crippen LogP contribution in [-0.2, 0) is 11.2 Å². The van der Waals surface area contributed by atoms with Crippen molar-refractivity contribution in [3.05, 3.63) is 35.9 Å². The second-order valence-corrected chi connectivity index (χ2v) is 4.36. The highest BCUT2D eigenvalue weighted by atomic mass is 16.5. The normalized spacial score (nSPS) is 10.1. The molecule has 1 rings (SSSR count). The number of carbonyl (C=O) groups is 1. The fourth-order valence-corrected chi connectivity index (χ4v) is 1.65. The van der Waals surface area contributed by atoms with Crippen molar-refractivity contribution >= 4 is 6.09 Å². The molecule has 18 heavy (non-hydrogen) atoms. The highest BCUT2D eigenvalue weighted by Crippen LogP contribution is 2.03. The lowest BCUT2D eigenvalue weighted by atomic mass is 10.1. The number of nitrogens with one attached hydrogen (secondary N) is 1. The number of ether oxygens (including phenoxy) is 1. The summed E-state index contributed by atoms with van der Waals surface area (Å²) in [6, 6.07) is 10.4. The summed E-state index contributed by atoms with van der Waals surface area (Å²) in [6.07, 6.45) is 4.82. The predicted molar refractivity (Wildman–Crippen MR) is 73.6 cm³/mol. The molecule has 0 aliphatic heterocycles. The molecule has 0 spiro atoms. The lowest BCUT2D eigenvalue weighted by molar-refractivity contribution is 0.144. The van der Waals surface area contributed by atoms with E-state index in [0.717, 1.165) is 32.1 Å². The molecule has 0 bridgehead atoms. The SMILES string of the molecule is CCCCOC(=O)NCCCCc1ccccc1. The molecule has 0 aliphatic rings. The summed E-state index contributed by atoms with van der Waals surface area (Å²) in [4.78, 5) is 11.2. The zero-order chi connectivity index (χ0) is 13.1. The molecule has 1 aromatic rings. The highest BCUT2D eigenvalue weighted by Gasteiger charge is 1.99. The van der Waals surface area contributed by atoms with E-state index in [1.807, 2.05) is 6.07 Å². The van der Waals surface area contributed by atoms with Crippen molar-refractivity contribution in [3.63, 3.8) is 0 Å². The van der Waals surface area contributed by atoms with E-state index >= 15 is 0 Å². The van der Waals surface area contributed by atoms with Crippen LogP contribution in [0.15, 0.2) is 30.3 Å². The Hall–Kier alpha value is -1.51. The minimum atomic E-state index is -0.289. The van der Waals surface area contributed by atoms with Crippen molar-refractivity contribution in [3.8, 4) is 0 Å². The molecule has 0 atom stereocenters. The van der Waals surface area contributed by atoms with Crippen LogP contribution < -0.4 is 5.32 Å². The van der Waals surface area contributed by atoms with Crippen LogP contribution in [0.5, 0.6) is 0 Å². The molecule has 0 heterocycles. The summed E-state index contributed by atoms with van der Waals surface area (Å²) in [5, 5.41) is 2.77. The molecule has 0 aromatic heterocycles. The Kier molecular flexibility index (Phi) is 7.69. The summed E-state index contributed by atoms with van der Waals surface area (Å²) in [6.45, 7) is 3.29. The number of carbonyl (C=O) groups excluding carboxylic acids is 1. The maximum atomic E-state index is 11.2. The number of amides is 1. The smallest absolute Gasteiger partial charge is 0.407 e. The zero-order valence-electron chi connectivity index (χ0n) is 11.2. The number of benzene rings is 1. The van der Waals surface area contributed by atoms with Crippen LogP contribution in [0, 0.1) is 0 Å². The van der Waals surface area contributed by atoms with Gasteiger partial charge in [0.15, 0.2) is 0 Å². The minimum absolute atomic E-state index is 0.289. The second-order valence-electron chi connectivity index (χ2n) is 4.36. The molecule has 3 heteroatoms. The Morgan fingerprint density at radius 2 is 1.94 bits per heavy atom. The first-order valence-corrected chi connectivity index (χ1v) is 6.77. The molecule has 1 amide bonds. The van der Waals surface area contributed by atoms with Crippen LogP contribution in [0.1, 0.15) is 38.2 Å². The van der Waals surface area contributed by atoms with Gasteiger partial charge in [-0.05, 0) is 31.2 Å². The van der Waals surface area contributed by atoms with Gasteiger partial charge >= 0.3 is 6.09 Å². The molecule has 0 fully saturated rings. The largest absolute Gasteiger partial charge is 0.450 e. The number of alkyl carbamates (subject to hydrolysis) is 1. The fourth-order valence-electron chi connectivity index (χ4n) is 1.65. The van der Waals surface area contributed by atoms with E-state index in [0.29, 0.717) is 13.2 Å². The molecule has 0 saturated carbocycles. The predicted octanol–water partition coefficient (Wildman–Crippen LogP) is 3.54. The maximum Gasteiger partial charge on any atom is 0.407 e. The average molecular weight is 249 g/mol. The van der Waals surface area contributed by atoms with Gasteiger partial charge in [0.2, 0.25) is 0 Å². The van der Waals surface area contributed by atoms with Crippen molar-refractivity contribution in [1.82, 2.24) is 5.32 Å². The summed E-state index contributed by atoms with van der Waals surface area (Å²) < 4.78 is 5.00. The van der Waals surface area contributed by atoms with E-state index in [4.69, 9.17) is 4.74 Å². The number of rotatable bonds is 8. The van der Waals surface area contributed by atoms with Crippen molar-refractivity contribution < 1.29 is 9.53 Å². The molecule has 1 aromatic carbocycles. The summed E-state index contributed by atoms with van der Waals surface area (Å²) in [7, 11) is 0. The van der Waals surface area contributed by atoms with E-state index in [9.17, 15) is 4.79 Å². The Morgan fingerprint density at radius 3 is 2.67 bits per heavy atom. The van der Waals surface area contributed by atoms with Crippen LogP contribution in [0.3, 0.4) is 0 Å². The van der Waals surface area contributed by atoms with Gasteiger partial charge in [0.1, 0.15) is 0 Å². The average Bonchev–Trinajstić information content (AvgIpc) is 2.40. The van der Waals surface area contributed by atoms with E-state index in [1.165, 1.54) is 5.56 Å². The van der Waals surface area contributed by atoms with Gasteiger partial charge in [0, 0.05) is 6.54 Å². The fraction of sp³-hybridized carbons (Fsp3) is 0.533. The van der Waals surface area contributed by atoms with E-state index < -0.39 is 0 Å². The van der Waals surface area contributed by atoms with Gasteiger partial charge < -0.3 is 10.1 Å². The molecule has 3 nitrogen and oxygen atoms in total. The minimum Gasteiger partial charge on any atom is -0.450 e. The van der Waals surface area contributed by atoms with Crippen molar-refractivity contribution in [2.24, 2.45) is 0 Å². The molecule has 100 valence electrons. The van der Waals surface area contributed by atoms with Gasteiger partial charge in [-0.25, -0.2) is 4.79 Å². The topological polar surface area (TPSA) is 38.3 Å². The molecule has 0 saturated heterocycles. The van der Waals surface area contributed by atoms with Crippen LogP contribution >= 0.6 is 0 Å². The highest BCUT2D eigenvalue weighted by molar-refractivity contribution is 5.66. The molecule has 0 radical (unpaired) electrons. The van der Waals surface area contributed by atoms with E-state index in [1.54, 1.807) is 0 Å². The molecular weight excluding hydrogens is 226 g/mol. The van der Waals surface area contributed by atoms with Gasteiger partial charge in [-0.2, -0.15) is 0 Å². The van der Waals surface area contributed by atoms with Crippen molar-refractivity contribution in [2.45, 2.75) is 39.0 Å². The monoisotopic (exact) mass is 249 g/mol. The van der Waals surface area contributed by atoms with Gasteiger partial charge in [0.25, 0.3) is 0 Å². The van der Waals surface area contributed by atoms with Gasteiger partial charge in [0.05, 0.1) is 6.61 Å². The maximum absolute atomic E-state index is 11.2. The Bertz CT molecular complexity index is 325. The number of unbranched alkanes of at least 4 members (excludes halogenated alkanes) is 2. The van der Waals surface area contributed by atoms with E-state index in [2.05, 4.69) is 36.5 Å². The van der Waals surface area contributed by atoms with E-state index in [-0.39, 0.29) is 6.09 Å². The Balaban J connectivity index is 1.97. The molecule has 0 aliphatic carbocycles. The summed E-state index contributed by atoms with van der Waals surface area (Å²) >= 11 is 0. The van der Waals surface area contributed by atoms with Crippen molar-refractivity contribution in [2.75, 3.05) is 13.2 Å². The number of hydrogen-bond donors (Lipinski definition) is 1. The number of hydrogen-bond acceptors (Lipinski definition) is 2. The third kappa shape index (κ3) is 6.94. The number of aryl methyl sites for hydroxylation is 1. The molecule has 1 N–H and O–H groups in total. The first kappa shape index (κ1) is 14.6. The third-order valence-corrected chi connectivity index (χ3v) is 2.74.